The Hall–Kier alpha value is -4.22. The molecule has 0 unspecified atom stereocenters. The number of fused-ring (bicyclic) bond motifs is 1. The Morgan fingerprint density at radius 1 is 1.11 bits per heavy atom. The van der Waals surface area contributed by atoms with Crippen LogP contribution in [0.3, 0.4) is 0 Å². The predicted octanol–water partition coefficient (Wildman–Crippen LogP) is 3.78. The summed E-state index contributed by atoms with van der Waals surface area (Å²) in [5.41, 5.74) is 8.84. The molecule has 9 nitrogen and oxygen atoms in total. The first kappa shape index (κ1) is 23.9. The summed E-state index contributed by atoms with van der Waals surface area (Å²) in [6.07, 6.45) is -4.94. The lowest BCUT2D eigenvalue weighted by atomic mass is 9.92. The minimum absolute atomic E-state index is 0.00176. The minimum atomic E-state index is -4.94. The molecule has 0 spiro atoms. The molecule has 182 valence electrons. The molecule has 4 rings (SSSR count). The summed E-state index contributed by atoms with van der Waals surface area (Å²) in [5, 5.41) is 7.85. The molecule has 3 aromatic heterocycles. The number of carbonyl (C=O) groups is 2. The van der Waals surface area contributed by atoms with Gasteiger partial charge in [-0.2, -0.15) is 18.3 Å². The molecular weight excluding hydrogens is 465 g/mol. The zero-order valence-corrected chi connectivity index (χ0v) is 19.0. The van der Waals surface area contributed by atoms with Gasteiger partial charge < -0.3 is 16.0 Å². The number of hydrogen-bond acceptors (Lipinski definition) is 6. The Bertz CT molecular complexity index is 1470. The molecule has 3 heterocycles. The zero-order chi connectivity index (χ0) is 25.7. The van der Waals surface area contributed by atoms with Gasteiger partial charge in [-0.1, -0.05) is 37.2 Å². The second kappa shape index (κ2) is 8.53. The third-order valence-electron chi connectivity index (χ3n) is 5.57. The van der Waals surface area contributed by atoms with E-state index >= 15 is 0 Å². The SMILES string of the molecule is Cc1c(-c2c(C(N)=O)nc3ccccc3c2C(N)=O)c(C(F)(F)F)nn1Cc1cc(C(C)C)no1. The normalized spacial score (nSPS) is 12.0. The first-order valence-electron chi connectivity index (χ1n) is 10.5. The number of carbonyl (C=O) groups excluding carboxylic acids is 2. The number of aromatic nitrogens is 4. The van der Waals surface area contributed by atoms with E-state index in [0.29, 0.717) is 5.69 Å². The van der Waals surface area contributed by atoms with Crippen molar-refractivity contribution in [3.63, 3.8) is 0 Å². The molecule has 2 amide bonds. The molecule has 0 fully saturated rings. The maximum Gasteiger partial charge on any atom is 0.435 e. The largest absolute Gasteiger partial charge is 0.435 e. The van der Waals surface area contributed by atoms with Crippen LogP contribution in [0.25, 0.3) is 22.0 Å². The van der Waals surface area contributed by atoms with Crippen molar-refractivity contribution < 1.29 is 27.3 Å². The highest BCUT2D eigenvalue weighted by Gasteiger charge is 2.41. The second-order valence-electron chi connectivity index (χ2n) is 8.29. The Labute approximate surface area is 196 Å². The Morgan fingerprint density at radius 3 is 2.37 bits per heavy atom. The van der Waals surface area contributed by atoms with Crippen molar-refractivity contribution in [2.45, 2.75) is 39.4 Å². The number of amides is 2. The van der Waals surface area contributed by atoms with Crippen molar-refractivity contribution in [2.24, 2.45) is 11.5 Å². The summed E-state index contributed by atoms with van der Waals surface area (Å²) >= 11 is 0. The Morgan fingerprint density at radius 2 is 1.80 bits per heavy atom. The maximum absolute atomic E-state index is 14.2. The molecule has 12 heteroatoms. The van der Waals surface area contributed by atoms with Gasteiger partial charge in [0.15, 0.2) is 11.5 Å². The van der Waals surface area contributed by atoms with E-state index < -0.39 is 40.5 Å². The fourth-order valence-corrected chi connectivity index (χ4v) is 3.91. The highest BCUT2D eigenvalue weighted by Crippen LogP contribution is 2.42. The molecule has 4 aromatic rings. The van der Waals surface area contributed by atoms with Crippen LogP contribution in [0.2, 0.25) is 0 Å². The van der Waals surface area contributed by atoms with Crippen LogP contribution in [0.1, 0.15) is 63.5 Å². The summed E-state index contributed by atoms with van der Waals surface area (Å²) in [7, 11) is 0. The van der Waals surface area contributed by atoms with Gasteiger partial charge in [-0.3, -0.25) is 14.3 Å². The molecule has 35 heavy (non-hydrogen) atoms. The first-order valence-corrected chi connectivity index (χ1v) is 10.5. The van der Waals surface area contributed by atoms with Crippen LogP contribution in [0, 0.1) is 6.92 Å². The van der Waals surface area contributed by atoms with Crippen molar-refractivity contribution >= 4 is 22.7 Å². The van der Waals surface area contributed by atoms with E-state index in [1.807, 2.05) is 13.8 Å². The van der Waals surface area contributed by atoms with Gasteiger partial charge >= 0.3 is 6.18 Å². The van der Waals surface area contributed by atoms with Crippen LogP contribution in [-0.2, 0) is 12.7 Å². The van der Waals surface area contributed by atoms with Crippen molar-refractivity contribution in [3.8, 4) is 11.1 Å². The number of nitrogens with two attached hydrogens (primary N) is 2. The summed E-state index contributed by atoms with van der Waals surface area (Å²) in [5.74, 6) is -1.84. The van der Waals surface area contributed by atoms with Gasteiger partial charge in [0, 0.05) is 28.3 Å². The van der Waals surface area contributed by atoms with E-state index in [-0.39, 0.29) is 40.4 Å². The van der Waals surface area contributed by atoms with Crippen LogP contribution in [0.4, 0.5) is 13.2 Å². The molecule has 0 radical (unpaired) electrons. The van der Waals surface area contributed by atoms with Gasteiger partial charge in [-0.25, -0.2) is 4.98 Å². The van der Waals surface area contributed by atoms with E-state index in [9.17, 15) is 22.8 Å². The third kappa shape index (κ3) is 4.22. The highest BCUT2D eigenvalue weighted by molar-refractivity contribution is 6.15. The lowest BCUT2D eigenvalue weighted by molar-refractivity contribution is -0.141. The fourth-order valence-electron chi connectivity index (χ4n) is 3.91. The average molecular weight is 486 g/mol. The first-order chi connectivity index (χ1) is 16.4. The lowest BCUT2D eigenvalue weighted by Gasteiger charge is -2.15. The topological polar surface area (TPSA) is 143 Å². The number of halogens is 3. The number of alkyl halides is 3. The van der Waals surface area contributed by atoms with Gasteiger partial charge in [0.25, 0.3) is 5.91 Å². The summed E-state index contributed by atoms with van der Waals surface area (Å²) in [6.45, 7) is 4.99. The molecule has 0 aliphatic carbocycles. The molecule has 0 atom stereocenters. The second-order valence-corrected chi connectivity index (χ2v) is 8.29. The van der Waals surface area contributed by atoms with Gasteiger partial charge in [-0.15, -0.1) is 0 Å². The van der Waals surface area contributed by atoms with E-state index in [4.69, 9.17) is 16.0 Å². The molecule has 0 aliphatic rings. The third-order valence-corrected chi connectivity index (χ3v) is 5.57. The van der Waals surface area contributed by atoms with Crippen molar-refractivity contribution in [2.75, 3.05) is 0 Å². The van der Waals surface area contributed by atoms with Crippen LogP contribution in [0.15, 0.2) is 34.9 Å². The molecule has 1 aromatic carbocycles. The number of rotatable bonds is 6. The number of pyridine rings is 1. The van der Waals surface area contributed by atoms with Crippen molar-refractivity contribution in [1.82, 2.24) is 19.9 Å². The van der Waals surface area contributed by atoms with Crippen molar-refractivity contribution in [1.29, 1.82) is 0 Å². The summed E-state index contributed by atoms with van der Waals surface area (Å²) in [6, 6.07) is 7.76. The molecular formula is C23H21F3N6O3. The minimum Gasteiger partial charge on any atom is -0.366 e. The fraction of sp³-hybridized carbons (Fsp3) is 0.261. The molecule has 0 saturated carbocycles. The number of primary amides is 2. The van der Waals surface area contributed by atoms with Crippen LogP contribution in [0.5, 0.6) is 0 Å². The average Bonchev–Trinajstić information content (AvgIpc) is 3.37. The maximum atomic E-state index is 14.2. The van der Waals surface area contributed by atoms with E-state index in [1.54, 1.807) is 18.2 Å². The molecule has 4 N–H and O–H groups in total. The highest BCUT2D eigenvalue weighted by atomic mass is 19.4. The Kier molecular flexibility index (Phi) is 5.83. The van der Waals surface area contributed by atoms with Gasteiger partial charge in [0.1, 0.15) is 12.2 Å². The monoisotopic (exact) mass is 486 g/mol. The van der Waals surface area contributed by atoms with Crippen molar-refractivity contribution in [3.05, 3.63) is 64.4 Å². The lowest BCUT2D eigenvalue weighted by Crippen LogP contribution is -2.21. The zero-order valence-electron chi connectivity index (χ0n) is 19.0. The predicted molar refractivity (Wildman–Crippen MR) is 119 cm³/mol. The Balaban J connectivity index is 2.05. The van der Waals surface area contributed by atoms with Crippen LogP contribution >= 0.6 is 0 Å². The van der Waals surface area contributed by atoms with Gasteiger partial charge in [-0.05, 0) is 18.9 Å². The molecule has 0 saturated heterocycles. The van der Waals surface area contributed by atoms with Crippen LogP contribution < -0.4 is 11.5 Å². The van der Waals surface area contributed by atoms with Gasteiger partial charge in [0.05, 0.1) is 16.8 Å². The number of para-hydroxylation sites is 1. The smallest absolute Gasteiger partial charge is 0.366 e. The quantitative estimate of drug-likeness (QED) is 0.425. The number of hydrogen-bond donors (Lipinski definition) is 2. The number of nitrogens with zero attached hydrogens (tertiary/aromatic N) is 4. The van der Waals surface area contributed by atoms with Crippen LogP contribution in [-0.4, -0.2) is 31.7 Å². The van der Waals surface area contributed by atoms with Gasteiger partial charge in [0.2, 0.25) is 5.91 Å². The van der Waals surface area contributed by atoms with E-state index in [2.05, 4.69) is 15.2 Å². The number of benzene rings is 1. The summed E-state index contributed by atoms with van der Waals surface area (Å²) in [4.78, 5) is 29.0. The standard InChI is InChI=1S/C23H21F3N6O3/c1-10(2)15-8-12(35-31-15)9-32-11(3)16(20(30-32)23(24,25)26)18-17(21(27)33)13-6-4-5-7-14(13)29-19(18)22(28)34/h4-8,10H,9H2,1-3H3,(H2,27,33)(H2,28,34). The molecule has 0 bridgehead atoms. The van der Waals surface area contributed by atoms with E-state index in [1.165, 1.54) is 19.1 Å². The summed E-state index contributed by atoms with van der Waals surface area (Å²) < 4.78 is 48.9. The molecule has 0 aliphatic heterocycles. The van der Waals surface area contributed by atoms with E-state index in [0.717, 1.165) is 4.68 Å².